The molecule has 3 heterocycles. The Morgan fingerprint density at radius 1 is 1.26 bits per heavy atom. The highest BCUT2D eigenvalue weighted by Crippen LogP contribution is 2.36. The van der Waals surface area contributed by atoms with Crippen LogP contribution in [0.3, 0.4) is 0 Å². The van der Waals surface area contributed by atoms with E-state index in [1.807, 2.05) is 32.9 Å². The van der Waals surface area contributed by atoms with Crippen LogP contribution < -0.4 is 0 Å². The molecule has 0 aromatic carbocycles. The minimum atomic E-state index is -0.533. The lowest BCUT2D eigenvalue weighted by atomic mass is 9.85. The van der Waals surface area contributed by atoms with Crippen LogP contribution in [0, 0.1) is 5.41 Å². The molecule has 1 amide bonds. The molecule has 0 saturated carbocycles. The van der Waals surface area contributed by atoms with Gasteiger partial charge in [-0.3, -0.25) is 9.69 Å². The Hall–Kier alpha value is -1.36. The fourth-order valence-electron chi connectivity index (χ4n) is 3.04. The number of carbonyl (C=O) groups excluding carboxylic acids is 2. The third-order valence-corrected chi connectivity index (χ3v) is 4.10. The van der Waals surface area contributed by atoms with Crippen LogP contribution in [0.15, 0.2) is 12.2 Å². The van der Waals surface area contributed by atoms with Crippen LogP contribution in [0.25, 0.3) is 0 Å². The van der Waals surface area contributed by atoms with Gasteiger partial charge in [-0.1, -0.05) is 32.9 Å². The summed E-state index contributed by atoms with van der Waals surface area (Å²) in [6.07, 6.45) is 3.32. The van der Waals surface area contributed by atoms with Crippen molar-refractivity contribution in [2.45, 2.75) is 51.5 Å². The first-order chi connectivity index (χ1) is 8.88. The van der Waals surface area contributed by atoms with Crippen molar-refractivity contribution >= 4 is 11.9 Å². The number of ether oxygens (including phenoxy) is 2. The second-order valence-electron chi connectivity index (χ2n) is 6.51. The standard InChI is InChI=1S/C14H19NO4/c1-14(2,3)11-7-18-13(17)15(11)12-9(16)6-8-4-5-10(12)19-8/h4-5,8,10-12H,6-7H2,1-3H3/t8-,10+,11+,12+/m0/s1. The molecular weight excluding hydrogens is 246 g/mol. The number of nitrogens with zero attached hydrogens (tertiary/aromatic N) is 1. The summed E-state index contributed by atoms with van der Waals surface area (Å²) < 4.78 is 10.9. The maximum Gasteiger partial charge on any atom is 0.410 e. The minimum absolute atomic E-state index is 0.0688. The molecule has 104 valence electrons. The van der Waals surface area contributed by atoms with Crippen LogP contribution in [0.5, 0.6) is 0 Å². The lowest BCUT2D eigenvalue weighted by molar-refractivity contribution is -0.138. The number of hydrogen-bond acceptors (Lipinski definition) is 4. The van der Waals surface area contributed by atoms with Gasteiger partial charge in [-0.2, -0.15) is 0 Å². The zero-order chi connectivity index (χ0) is 13.8. The molecule has 2 bridgehead atoms. The third kappa shape index (κ3) is 1.96. The summed E-state index contributed by atoms with van der Waals surface area (Å²) >= 11 is 0. The van der Waals surface area contributed by atoms with E-state index in [0.29, 0.717) is 13.0 Å². The van der Waals surface area contributed by atoms with Gasteiger partial charge in [-0.15, -0.1) is 0 Å². The van der Waals surface area contributed by atoms with Crippen LogP contribution in [-0.4, -0.2) is 47.7 Å². The number of ketones is 1. The Morgan fingerprint density at radius 3 is 2.68 bits per heavy atom. The molecule has 0 aliphatic carbocycles. The Bertz CT molecular complexity index is 451. The summed E-state index contributed by atoms with van der Waals surface area (Å²) in [5.74, 6) is 0.0688. The molecule has 0 aromatic rings. The molecule has 2 fully saturated rings. The Balaban J connectivity index is 1.92. The largest absolute Gasteiger partial charge is 0.447 e. The molecular formula is C14H19NO4. The van der Waals surface area contributed by atoms with Crippen molar-refractivity contribution in [1.29, 1.82) is 0 Å². The number of rotatable bonds is 1. The van der Waals surface area contributed by atoms with Gasteiger partial charge in [0.2, 0.25) is 0 Å². The third-order valence-electron chi connectivity index (χ3n) is 4.10. The summed E-state index contributed by atoms with van der Waals surface area (Å²) in [7, 11) is 0. The topological polar surface area (TPSA) is 55.8 Å². The molecule has 0 N–H and O–H groups in total. The van der Waals surface area contributed by atoms with Gasteiger partial charge in [-0.25, -0.2) is 4.79 Å². The van der Waals surface area contributed by atoms with Crippen LogP contribution in [0.1, 0.15) is 27.2 Å². The number of amides is 1. The number of cyclic esters (lactones) is 1. The molecule has 4 atom stereocenters. The van der Waals surface area contributed by atoms with Gasteiger partial charge >= 0.3 is 6.09 Å². The molecule has 0 radical (unpaired) electrons. The predicted octanol–water partition coefficient (Wildman–Crippen LogP) is 1.52. The zero-order valence-corrected chi connectivity index (χ0v) is 11.5. The predicted molar refractivity (Wildman–Crippen MR) is 67.6 cm³/mol. The number of Topliss-reactive ketones (excluding diaryl/α,β-unsaturated/α-hetero) is 1. The molecule has 3 aliphatic heterocycles. The molecule has 0 spiro atoms. The molecule has 3 aliphatic rings. The van der Waals surface area contributed by atoms with E-state index in [9.17, 15) is 9.59 Å². The fraction of sp³-hybridized carbons (Fsp3) is 0.714. The molecule has 19 heavy (non-hydrogen) atoms. The van der Waals surface area contributed by atoms with E-state index in [0.717, 1.165) is 0 Å². The number of carbonyl (C=O) groups is 2. The Kier molecular flexibility index (Phi) is 2.71. The zero-order valence-electron chi connectivity index (χ0n) is 11.5. The number of hydrogen-bond donors (Lipinski definition) is 0. The van der Waals surface area contributed by atoms with Crippen LogP contribution in [0.2, 0.25) is 0 Å². The Labute approximate surface area is 112 Å². The maximum absolute atomic E-state index is 12.3. The van der Waals surface area contributed by atoms with Crippen LogP contribution in [-0.2, 0) is 14.3 Å². The van der Waals surface area contributed by atoms with Gasteiger partial charge in [0.05, 0.1) is 12.1 Å². The van der Waals surface area contributed by atoms with Gasteiger partial charge in [-0.05, 0) is 5.41 Å². The first-order valence-corrected chi connectivity index (χ1v) is 6.69. The molecule has 5 heteroatoms. The van der Waals surface area contributed by atoms with Gasteiger partial charge in [0.15, 0.2) is 5.78 Å². The van der Waals surface area contributed by atoms with Crippen molar-refractivity contribution in [2.75, 3.05) is 6.61 Å². The van der Waals surface area contributed by atoms with Crippen LogP contribution in [0.4, 0.5) is 4.79 Å². The summed E-state index contributed by atoms with van der Waals surface area (Å²) in [4.78, 5) is 25.9. The fourth-order valence-corrected chi connectivity index (χ4v) is 3.04. The highest BCUT2D eigenvalue weighted by molar-refractivity contribution is 5.90. The van der Waals surface area contributed by atoms with Crippen molar-refractivity contribution in [3.63, 3.8) is 0 Å². The van der Waals surface area contributed by atoms with Gasteiger partial charge < -0.3 is 9.47 Å². The van der Waals surface area contributed by atoms with E-state index in [1.165, 1.54) is 0 Å². The van der Waals surface area contributed by atoms with Crippen molar-refractivity contribution in [1.82, 2.24) is 4.90 Å². The second-order valence-corrected chi connectivity index (χ2v) is 6.51. The van der Waals surface area contributed by atoms with Crippen molar-refractivity contribution in [2.24, 2.45) is 5.41 Å². The monoisotopic (exact) mass is 265 g/mol. The van der Waals surface area contributed by atoms with Gasteiger partial charge in [0.1, 0.15) is 18.8 Å². The average Bonchev–Trinajstić information content (AvgIpc) is 2.84. The van der Waals surface area contributed by atoms with E-state index in [-0.39, 0.29) is 29.4 Å². The molecule has 5 nitrogen and oxygen atoms in total. The molecule has 0 aromatic heterocycles. The second kappa shape index (κ2) is 4.07. The summed E-state index contributed by atoms with van der Waals surface area (Å²) in [5.41, 5.74) is -0.133. The highest BCUT2D eigenvalue weighted by atomic mass is 16.6. The summed E-state index contributed by atoms with van der Waals surface area (Å²) in [6, 6.07) is -0.627. The van der Waals surface area contributed by atoms with E-state index in [4.69, 9.17) is 9.47 Å². The van der Waals surface area contributed by atoms with Crippen molar-refractivity contribution in [3.8, 4) is 0 Å². The normalized spacial score (nSPS) is 37.9. The van der Waals surface area contributed by atoms with Crippen LogP contribution >= 0.6 is 0 Å². The highest BCUT2D eigenvalue weighted by Gasteiger charge is 2.51. The lowest BCUT2D eigenvalue weighted by Crippen LogP contribution is -2.58. The van der Waals surface area contributed by atoms with E-state index >= 15 is 0 Å². The summed E-state index contributed by atoms with van der Waals surface area (Å²) in [6.45, 7) is 6.49. The Morgan fingerprint density at radius 2 is 2.00 bits per heavy atom. The molecule has 2 saturated heterocycles. The van der Waals surface area contributed by atoms with Crippen molar-refractivity contribution in [3.05, 3.63) is 12.2 Å². The van der Waals surface area contributed by atoms with Crippen molar-refractivity contribution < 1.29 is 19.1 Å². The van der Waals surface area contributed by atoms with Gasteiger partial charge in [0.25, 0.3) is 0 Å². The van der Waals surface area contributed by atoms with Gasteiger partial charge in [0, 0.05) is 6.42 Å². The first-order valence-electron chi connectivity index (χ1n) is 6.69. The molecule has 3 rings (SSSR count). The molecule has 0 unspecified atom stereocenters. The minimum Gasteiger partial charge on any atom is -0.447 e. The average molecular weight is 265 g/mol. The lowest BCUT2D eigenvalue weighted by Gasteiger charge is -2.40. The van der Waals surface area contributed by atoms with E-state index in [1.54, 1.807) is 4.90 Å². The quantitative estimate of drug-likeness (QED) is 0.674. The van der Waals surface area contributed by atoms with E-state index < -0.39 is 12.1 Å². The first kappa shape index (κ1) is 12.7. The smallest absolute Gasteiger partial charge is 0.410 e. The SMILES string of the molecule is CC(C)(C)[C@H]1COC(=O)N1[C@@H]1C(=O)C[C@@H]2C=C[C@H]1O2. The van der Waals surface area contributed by atoms with E-state index in [2.05, 4.69) is 0 Å². The summed E-state index contributed by atoms with van der Waals surface area (Å²) in [5, 5.41) is 0. The maximum atomic E-state index is 12.3. The number of fused-ring (bicyclic) bond motifs is 2.